The number of para-hydroxylation sites is 4. The zero-order chi connectivity index (χ0) is 37.9. The first-order valence-corrected chi connectivity index (χ1v) is 19.8. The second-order valence-electron chi connectivity index (χ2n) is 15.3. The zero-order valence-electron chi connectivity index (χ0n) is 31.2. The predicted octanol–water partition coefficient (Wildman–Crippen LogP) is 15.0. The van der Waals surface area contributed by atoms with Crippen LogP contribution in [0.15, 0.2) is 203 Å². The maximum absolute atomic E-state index is 6.70. The third-order valence-electron chi connectivity index (χ3n) is 12.1. The number of benzene rings is 9. The van der Waals surface area contributed by atoms with E-state index in [1.54, 1.807) is 0 Å². The third kappa shape index (κ3) is 4.40. The van der Waals surface area contributed by atoms with E-state index >= 15 is 0 Å². The van der Waals surface area contributed by atoms with Gasteiger partial charge in [0.25, 0.3) is 0 Å². The van der Waals surface area contributed by atoms with Crippen LogP contribution < -0.4 is 0 Å². The molecule has 58 heavy (non-hydrogen) atoms. The SMILES string of the molecule is c1ccc(-c2cccc(-n3c4ccccc4c4c5c6cc(-c7ccc8oc9ccccc9c8c7)ccc6n(-c6cccc7c6oc6ccccc67)c5ccc43)c2)cc1. The fourth-order valence-electron chi connectivity index (χ4n) is 9.56. The summed E-state index contributed by atoms with van der Waals surface area (Å²) in [5, 5.41) is 9.31. The van der Waals surface area contributed by atoms with Crippen molar-refractivity contribution in [3.05, 3.63) is 194 Å². The number of fused-ring (bicyclic) bond motifs is 13. The van der Waals surface area contributed by atoms with Crippen molar-refractivity contribution in [3.63, 3.8) is 0 Å². The molecule has 4 heterocycles. The van der Waals surface area contributed by atoms with Gasteiger partial charge in [0, 0.05) is 48.8 Å². The minimum absolute atomic E-state index is 0.879. The molecule has 0 fully saturated rings. The molecule has 0 spiro atoms. The molecule has 0 atom stereocenters. The number of nitrogens with zero attached hydrogens (tertiary/aromatic N) is 2. The molecule has 0 unspecified atom stereocenters. The Morgan fingerprint density at radius 3 is 1.69 bits per heavy atom. The molecule has 13 rings (SSSR count). The van der Waals surface area contributed by atoms with Gasteiger partial charge in [-0.3, -0.25) is 0 Å². The molecule has 4 heteroatoms. The molecule has 0 saturated heterocycles. The van der Waals surface area contributed by atoms with Crippen molar-refractivity contribution in [3.8, 4) is 33.6 Å². The standard InChI is InChI=1S/C54H32N2O2/c1-2-12-33(13-3-1)34-14-10-15-37(30-34)55-44-20-7-4-18-41(44)52-46(55)27-28-47-53(52)43-32-35(36-25-29-51-42(31-36)39-17-6-8-22-49(39)57-51)24-26-45(43)56(47)48-21-11-19-40-38-16-5-9-23-50(38)58-54(40)48/h1-32H. The van der Waals surface area contributed by atoms with Crippen LogP contribution in [0.1, 0.15) is 0 Å². The lowest BCUT2D eigenvalue weighted by Gasteiger charge is -2.11. The first-order chi connectivity index (χ1) is 28.8. The Bertz CT molecular complexity index is 3800. The highest BCUT2D eigenvalue weighted by molar-refractivity contribution is 6.29. The van der Waals surface area contributed by atoms with Gasteiger partial charge in [-0.2, -0.15) is 0 Å². The quantitative estimate of drug-likeness (QED) is 0.180. The van der Waals surface area contributed by atoms with E-state index < -0.39 is 0 Å². The summed E-state index contributed by atoms with van der Waals surface area (Å²) in [6.45, 7) is 0. The Balaban J connectivity index is 1.14. The van der Waals surface area contributed by atoms with Crippen molar-refractivity contribution in [1.29, 1.82) is 0 Å². The molecule has 0 amide bonds. The van der Waals surface area contributed by atoms with Crippen LogP contribution >= 0.6 is 0 Å². The van der Waals surface area contributed by atoms with Crippen LogP contribution in [0.3, 0.4) is 0 Å². The van der Waals surface area contributed by atoms with E-state index in [1.807, 2.05) is 18.2 Å². The molecule has 4 aromatic heterocycles. The van der Waals surface area contributed by atoms with Crippen LogP contribution in [0.4, 0.5) is 0 Å². The first kappa shape index (κ1) is 31.4. The van der Waals surface area contributed by atoms with Crippen molar-refractivity contribution < 1.29 is 8.83 Å². The Hall–Kier alpha value is -7.82. The van der Waals surface area contributed by atoms with E-state index in [0.717, 1.165) is 82.9 Å². The van der Waals surface area contributed by atoms with E-state index in [-0.39, 0.29) is 0 Å². The van der Waals surface area contributed by atoms with Gasteiger partial charge >= 0.3 is 0 Å². The molecule has 0 bridgehead atoms. The highest BCUT2D eigenvalue weighted by Gasteiger charge is 2.23. The number of hydrogen-bond acceptors (Lipinski definition) is 2. The van der Waals surface area contributed by atoms with Gasteiger partial charge in [0.15, 0.2) is 5.58 Å². The lowest BCUT2D eigenvalue weighted by atomic mass is 9.99. The van der Waals surface area contributed by atoms with Crippen LogP contribution in [0.25, 0.3) is 121 Å². The summed E-state index contributed by atoms with van der Waals surface area (Å²) in [5.41, 5.74) is 15.0. The molecule has 0 saturated carbocycles. The van der Waals surface area contributed by atoms with Gasteiger partial charge < -0.3 is 18.0 Å². The average molecular weight is 741 g/mol. The predicted molar refractivity (Wildman–Crippen MR) is 241 cm³/mol. The monoisotopic (exact) mass is 740 g/mol. The van der Waals surface area contributed by atoms with E-state index in [0.29, 0.717) is 0 Å². The van der Waals surface area contributed by atoms with Crippen LogP contribution in [0.5, 0.6) is 0 Å². The minimum Gasteiger partial charge on any atom is -0.456 e. The lowest BCUT2D eigenvalue weighted by molar-refractivity contribution is 0.666. The van der Waals surface area contributed by atoms with E-state index in [4.69, 9.17) is 8.83 Å². The largest absolute Gasteiger partial charge is 0.456 e. The molecule has 4 nitrogen and oxygen atoms in total. The second kappa shape index (κ2) is 11.8. The Morgan fingerprint density at radius 2 is 0.845 bits per heavy atom. The molecule has 0 radical (unpaired) electrons. The molecule has 0 aliphatic rings. The maximum atomic E-state index is 6.70. The van der Waals surface area contributed by atoms with Gasteiger partial charge in [0.05, 0.1) is 27.8 Å². The molecule has 0 aliphatic carbocycles. The summed E-state index contributed by atoms with van der Waals surface area (Å²) in [6, 6.07) is 69.6. The first-order valence-electron chi connectivity index (χ1n) is 19.8. The van der Waals surface area contributed by atoms with Gasteiger partial charge in [-0.25, -0.2) is 0 Å². The molecule has 270 valence electrons. The van der Waals surface area contributed by atoms with Crippen LogP contribution in [-0.4, -0.2) is 9.13 Å². The number of hydrogen-bond donors (Lipinski definition) is 0. The normalized spacial score (nSPS) is 12.1. The van der Waals surface area contributed by atoms with E-state index in [9.17, 15) is 0 Å². The average Bonchev–Trinajstić information content (AvgIpc) is 4.04. The highest BCUT2D eigenvalue weighted by atomic mass is 16.3. The van der Waals surface area contributed by atoms with Crippen LogP contribution in [0, 0.1) is 0 Å². The number of rotatable bonds is 4. The Kier molecular flexibility index (Phi) is 6.41. The smallest absolute Gasteiger partial charge is 0.159 e. The van der Waals surface area contributed by atoms with Crippen molar-refractivity contribution in [2.75, 3.05) is 0 Å². The minimum atomic E-state index is 0.879. The summed E-state index contributed by atoms with van der Waals surface area (Å²) in [7, 11) is 0. The number of aromatic nitrogens is 2. The Morgan fingerprint density at radius 1 is 0.293 bits per heavy atom. The molecule has 0 N–H and O–H groups in total. The zero-order valence-corrected chi connectivity index (χ0v) is 31.2. The summed E-state index contributed by atoms with van der Waals surface area (Å²) >= 11 is 0. The fourth-order valence-corrected chi connectivity index (χ4v) is 9.56. The van der Waals surface area contributed by atoms with Gasteiger partial charge in [0.2, 0.25) is 0 Å². The van der Waals surface area contributed by atoms with E-state index in [1.165, 1.54) is 38.2 Å². The van der Waals surface area contributed by atoms with Crippen molar-refractivity contribution >= 4 is 87.5 Å². The van der Waals surface area contributed by atoms with Crippen molar-refractivity contribution in [2.24, 2.45) is 0 Å². The summed E-state index contributed by atoms with van der Waals surface area (Å²) in [5.74, 6) is 0. The summed E-state index contributed by atoms with van der Waals surface area (Å²) < 4.78 is 17.8. The molecule has 0 aliphatic heterocycles. The highest BCUT2D eigenvalue weighted by Crippen LogP contribution is 2.45. The third-order valence-corrected chi connectivity index (χ3v) is 12.1. The van der Waals surface area contributed by atoms with Crippen LogP contribution in [0.2, 0.25) is 0 Å². The topological polar surface area (TPSA) is 36.1 Å². The van der Waals surface area contributed by atoms with Gasteiger partial charge in [0.1, 0.15) is 16.7 Å². The van der Waals surface area contributed by atoms with Crippen LogP contribution in [-0.2, 0) is 0 Å². The fraction of sp³-hybridized carbons (Fsp3) is 0. The molecular weight excluding hydrogens is 709 g/mol. The van der Waals surface area contributed by atoms with Gasteiger partial charge in [-0.1, -0.05) is 121 Å². The molecular formula is C54H32N2O2. The maximum Gasteiger partial charge on any atom is 0.159 e. The molecule has 9 aromatic carbocycles. The number of furan rings is 2. The lowest BCUT2D eigenvalue weighted by Crippen LogP contribution is -1.95. The van der Waals surface area contributed by atoms with E-state index in [2.05, 4.69) is 185 Å². The Labute approximate surface area is 332 Å². The van der Waals surface area contributed by atoms with Crippen molar-refractivity contribution in [1.82, 2.24) is 9.13 Å². The second-order valence-corrected chi connectivity index (χ2v) is 15.3. The summed E-state index contributed by atoms with van der Waals surface area (Å²) in [6.07, 6.45) is 0. The van der Waals surface area contributed by atoms with Gasteiger partial charge in [-0.15, -0.1) is 0 Å². The molecule has 13 aromatic rings. The van der Waals surface area contributed by atoms with Gasteiger partial charge in [-0.05, 0) is 95.1 Å². The van der Waals surface area contributed by atoms with Crippen molar-refractivity contribution in [2.45, 2.75) is 0 Å². The summed E-state index contributed by atoms with van der Waals surface area (Å²) in [4.78, 5) is 0.